The van der Waals surface area contributed by atoms with Crippen molar-refractivity contribution in [2.24, 2.45) is 0 Å². The van der Waals surface area contributed by atoms with E-state index in [2.05, 4.69) is 33.3 Å². The molecular formula is C30H38FN7O2. The summed E-state index contributed by atoms with van der Waals surface area (Å²) < 4.78 is 19.9. The Hall–Kier alpha value is -3.27. The van der Waals surface area contributed by atoms with Crippen LogP contribution in [0.1, 0.15) is 54.5 Å². The Balaban J connectivity index is 1.18. The summed E-state index contributed by atoms with van der Waals surface area (Å²) in [6.45, 7) is 7.63. The number of nitrogens with zero attached hydrogens (tertiary/aromatic N) is 7. The van der Waals surface area contributed by atoms with Crippen LogP contribution in [0.3, 0.4) is 0 Å². The standard InChI is InChI=1S/C30H38FN7O2/c1-19(31)29(39)37-13-10-25-27(37)17-38(25)28-23-9-12-36(26-15-32-14-20-6-3-4-8-22(20)26)16-24(23)33-30(34-28)40-18-21-7-5-11-35(21)2/h14-15,21,25,27H,1,3-13,16-18H2,2H3/t21-,25+,27+/m0/s1. The SMILES string of the molecule is C=C(F)C(=O)N1CC[C@@H]2[C@H]1CN2c1nc(OC[C@@H]2CCCN2C)nc2c1CCN(c1cncc3c1CCCC3)C2. The molecule has 0 N–H and O–H groups in total. The quantitative estimate of drug-likeness (QED) is 0.511. The zero-order valence-electron chi connectivity index (χ0n) is 23.3. The average molecular weight is 548 g/mol. The largest absolute Gasteiger partial charge is 0.462 e. The molecule has 1 amide bonds. The van der Waals surface area contributed by atoms with Crippen LogP contribution in [-0.2, 0) is 30.6 Å². The highest BCUT2D eigenvalue weighted by Gasteiger charge is 2.50. The van der Waals surface area contributed by atoms with E-state index < -0.39 is 11.7 Å². The van der Waals surface area contributed by atoms with Crippen molar-refractivity contribution in [3.05, 3.63) is 47.2 Å². The molecule has 0 saturated carbocycles. The second kappa shape index (κ2) is 10.3. The predicted octanol–water partition coefficient (Wildman–Crippen LogP) is 3.06. The molecule has 3 fully saturated rings. The molecule has 5 aliphatic rings. The van der Waals surface area contributed by atoms with Gasteiger partial charge in [0.25, 0.3) is 5.91 Å². The molecule has 2 aromatic heterocycles. The van der Waals surface area contributed by atoms with Crippen LogP contribution in [0.25, 0.3) is 0 Å². The van der Waals surface area contributed by atoms with E-state index >= 15 is 0 Å². The van der Waals surface area contributed by atoms with E-state index in [-0.39, 0.29) is 12.1 Å². The highest BCUT2D eigenvalue weighted by molar-refractivity contribution is 5.91. The van der Waals surface area contributed by atoms with Crippen molar-refractivity contribution >= 4 is 17.4 Å². The molecule has 6 heterocycles. The summed E-state index contributed by atoms with van der Waals surface area (Å²) >= 11 is 0. The molecule has 40 heavy (non-hydrogen) atoms. The number of aryl methyl sites for hydroxylation is 1. The Kier molecular flexibility index (Phi) is 6.60. The van der Waals surface area contributed by atoms with Gasteiger partial charge in [-0.1, -0.05) is 6.58 Å². The summed E-state index contributed by atoms with van der Waals surface area (Å²) in [5.74, 6) is -0.553. The van der Waals surface area contributed by atoms with Gasteiger partial charge in [-0.25, -0.2) is 4.39 Å². The van der Waals surface area contributed by atoms with Gasteiger partial charge in [0.05, 0.1) is 36.2 Å². The number of rotatable bonds is 6. The maximum Gasteiger partial charge on any atom is 0.318 e. The van der Waals surface area contributed by atoms with E-state index in [1.165, 1.54) is 36.1 Å². The van der Waals surface area contributed by atoms with Crippen LogP contribution in [0, 0.1) is 0 Å². The Labute approximate surface area is 235 Å². The Morgan fingerprint density at radius 3 is 2.75 bits per heavy atom. The van der Waals surface area contributed by atoms with Crippen molar-refractivity contribution in [3.8, 4) is 6.01 Å². The number of ether oxygens (including phenoxy) is 1. The summed E-state index contributed by atoms with van der Waals surface area (Å²) in [5.41, 5.74) is 6.22. The Morgan fingerprint density at radius 1 is 1.05 bits per heavy atom. The minimum atomic E-state index is -0.885. The minimum Gasteiger partial charge on any atom is -0.462 e. The number of aromatic nitrogens is 3. The van der Waals surface area contributed by atoms with E-state index in [9.17, 15) is 9.18 Å². The molecule has 0 bridgehead atoms. The second-order valence-corrected chi connectivity index (χ2v) is 12.0. The zero-order chi connectivity index (χ0) is 27.4. The topological polar surface area (TPSA) is 77.9 Å². The smallest absolute Gasteiger partial charge is 0.318 e. The number of hydrogen-bond donors (Lipinski definition) is 0. The monoisotopic (exact) mass is 547 g/mol. The number of anilines is 2. The van der Waals surface area contributed by atoms with Crippen molar-refractivity contribution in [2.75, 3.05) is 49.6 Å². The van der Waals surface area contributed by atoms with Gasteiger partial charge in [-0.2, -0.15) is 9.97 Å². The Morgan fingerprint density at radius 2 is 1.93 bits per heavy atom. The van der Waals surface area contributed by atoms with Gasteiger partial charge in [-0.3, -0.25) is 9.78 Å². The van der Waals surface area contributed by atoms with Gasteiger partial charge in [-0.05, 0) is 76.1 Å². The lowest BCUT2D eigenvalue weighted by atomic mass is 9.91. The number of carbonyl (C=O) groups is 1. The normalized spacial score (nSPS) is 25.8. The first kappa shape index (κ1) is 25.7. The van der Waals surface area contributed by atoms with Gasteiger partial charge in [0, 0.05) is 37.4 Å². The van der Waals surface area contributed by atoms with E-state index in [0.29, 0.717) is 38.3 Å². The van der Waals surface area contributed by atoms with Gasteiger partial charge in [-0.15, -0.1) is 0 Å². The number of likely N-dealkylation sites (tertiary alicyclic amines) is 2. The fourth-order valence-corrected chi connectivity index (χ4v) is 7.44. The van der Waals surface area contributed by atoms with Crippen molar-refractivity contribution < 1.29 is 13.9 Å². The minimum absolute atomic E-state index is 0.0101. The lowest BCUT2D eigenvalue weighted by Crippen LogP contribution is -2.63. The first-order chi connectivity index (χ1) is 19.5. The molecule has 1 aliphatic carbocycles. The van der Waals surface area contributed by atoms with E-state index in [1.807, 2.05) is 12.4 Å². The molecule has 0 unspecified atom stereocenters. The fraction of sp³-hybridized carbons (Fsp3) is 0.600. The van der Waals surface area contributed by atoms with Gasteiger partial charge in [0.15, 0.2) is 5.83 Å². The first-order valence-corrected chi connectivity index (χ1v) is 14.8. The van der Waals surface area contributed by atoms with Crippen molar-refractivity contribution in [1.82, 2.24) is 24.8 Å². The van der Waals surface area contributed by atoms with Crippen LogP contribution in [0.4, 0.5) is 15.9 Å². The third-order valence-electron chi connectivity index (χ3n) is 9.75. The molecule has 212 valence electrons. The molecule has 0 aromatic carbocycles. The maximum absolute atomic E-state index is 13.6. The van der Waals surface area contributed by atoms with Crippen LogP contribution < -0.4 is 14.5 Å². The van der Waals surface area contributed by atoms with Crippen molar-refractivity contribution in [2.45, 2.75) is 76.0 Å². The molecule has 7 rings (SSSR count). The van der Waals surface area contributed by atoms with Gasteiger partial charge in [0.1, 0.15) is 12.4 Å². The highest BCUT2D eigenvalue weighted by Crippen LogP contribution is 2.41. The van der Waals surface area contributed by atoms with Crippen LogP contribution in [0.5, 0.6) is 6.01 Å². The third-order valence-corrected chi connectivity index (χ3v) is 9.75. The third kappa shape index (κ3) is 4.40. The zero-order valence-corrected chi connectivity index (χ0v) is 23.3. The van der Waals surface area contributed by atoms with Crippen molar-refractivity contribution in [3.63, 3.8) is 0 Å². The first-order valence-electron chi connectivity index (χ1n) is 14.8. The summed E-state index contributed by atoms with van der Waals surface area (Å²) in [6.07, 6.45) is 12.6. The molecule has 9 nitrogen and oxygen atoms in total. The molecule has 10 heteroatoms. The molecule has 2 aromatic rings. The molecule has 3 atom stereocenters. The number of hydrogen-bond acceptors (Lipinski definition) is 8. The fourth-order valence-electron chi connectivity index (χ4n) is 7.44. The van der Waals surface area contributed by atoms with Gasteiger partial charge < -0.3 is 24.3 Å². The van der Waals surface area contributed by atoms with Gasteiger partial charge >= 0.3 is 6.01 Å². The van der Waals surface area contributed by atoms with Crippen LogP contribution in [-0.4, -0.2) is 88.6 Å². The lowest BCUT2D eigenvalue weighted by molar-refractivity contribution is -0.130. The van der Waals surface area contributed by atoms with E-state index in [1.54, 1.807) is 4.90 Å². The number of amides is 1. The molecular weight excluding hydrogens is 509 g/mol. The van der Waals surface area contributed by atoms with Crippen molar-refractivity contribution in [1.29, 1.82) is 0 Å². The lowest BCUT2D eigenvalue weighted by Gasteiger charge is -2.48. The molecule has 0 radical (unpaired) electrons. The summed E-state index contributed by atoms with van der Waals surface area (Å²) in [4.78, 5) is 35.6. The van der Waals surface area contributed by atoms with E-state index in [4.69, 9.17) is 14.7 Å². The molecule has 0 spiro atoms. The molecule has 4 aliphatic heterocycles. The number of halogens is 1. The number of pyridine rings is 1. The summed E-state index contributed by atoms with van der Waals surface area (Å²) in [5, 5.41) is 0. The number of fused-ring (bicyclic) bond motifs is 3. The maximum atomic E-state index is 13.6. The Bertz CT molecular complexity index is 1340. The van der Waals surface area contributed by atoms with Crippen LogP contribution >= 0.6 is 0 Å². The molecule has 3 saturated heterocycles. The van der Waals surface area contributed by atoms with Crippen LogP contribution in [0.15, 0.2) is 24.8 Å². The average Bonchev–Trinajstić information content (AvgIpc) is 3.52. The van der Waals surface area contributed by atoms with Gasteiger partial charge in [0.2, 0.25) is 0 Å². The predicted molar refractivity (Wildman–Crippen MR) is 150 cm³/mol. The van der Waals surface area contributed by atoms with Crippen LogP contribution in [0.2, 0.25) is 0 Å². The number of likely N-dealkylation sites (N-methyl/N-ethyl adjacent to an activating group) is 1. The van der Waals surface area contributed by atoms with E-state index in [0.717, 1.165) is 62.3 Å². The number of carbonyl (C=O) groups excluding carboxylic acids is 1. The highest BCUT2D eigenvalue weighted by atomic mass is 19.1. The summed E-state index contributed by atoms with van der Waals surface area (Å²) in [6, 6.07) is 0.914. The second-order valence-electron chi connectivity index (χ2n) is 12.0. The summed E-state index contributed by atoms with van der Waals surface area (Å²) in [7, 11) is 2.14.